The van der Waals surface area contributed by atoms with Gasteiger partial charge in [-0.15, -0.1) is 0 Å². The largest absolute Gasteiger partial charge is 0.327 e. The zero-order chi connectivity index (χ0) is 9.42. The van der Waals surface area contributed by atoms with Crippen LogP contribution in [0.1, 0.15) is 5.56 Å². The summed E-state index contributed by atoms with van der Waals surface area (Å²) < 4.78 is 0. The summed E-state index contributed by atoms with van der Waals surface area (Å²) in [6.07, 6.45) is 0. The highest BCUT2D eigenvalue weighted by molar-refractivity contribution is 6.36. The van der Waals surface area contributed by atoms with E-state index in [1.807, 2.05) is 6.07 Å². The molecule has 0 atom stereocenters. The topological polar surface area (TPSA) is 52.5 Å². The first kappa shape index (κ1) is 8.36. The molecule has 13 heavy (non-hydrogen) atoms. The molecular formula is C8H3Cl2N3. The standard InChI is InChI=1S/C8H3Cl2N3/c9-5-2-1-4(3-11)6-7(5)13-8(10)12-6/h1-2H,(H,12,13). The average molecular weight is 212 g/mol. The van der Waals surface area contributed by atoms with E-state index in [1.54, 1.807) is 12.1 Å². The Kier molecular flexibility index (Phi) is 1.87. The van der Waals surface area contributed by atoms with Crippen LogP contribution in [-0.4, -0.2) is 9.97 Å². The summed E-state index contributed by atoms with van der Waals surface area (Å²) >= 11 is 11.5. The Bertz CT molecular complexity index is 510. The van der Waals surface area contributed by atoms with E-state index in [-0.39, 0.29) is 5.28 Å². The van der Waals surface area contributed by atoms with Crippen LogP contribution in [0.15, 0.2) is 12.1 Å². The van der Waals surface area contributed by atoms with Gasteiger partial charge in [-0.05, 0) is 23.7 Å². The molecule has 0 bridgehead atoms. The number of nitrogens with zero attached hydrogens (tertiary/aromatic N) is 2. The van der Waals surface area contributed by atoms with Gasteiger partial charge in [0, 0.05) is 0 Å². The molecule has 0 fully saturated rings. The zero-order valence-corrected chi connectivity index (χ0v) is 7.82. The minimum Gasteiger partial charge on any atom is -0.327 e. The fourth-order valence-corrected chi connectivity index (χ4v) is 1.50. The van der Waals surface area contributed by atoms with Crippen molar-refractivity contribution in [1.82, 2.24) is 9.97 Å². The predicted octanol–water partition coefficient (Wildman–Crippen LogP) is 2.74. The zero-order valence-electron chi connectivity index (χ0n) is 6.31. The van der Waals surface area contributed by atoms with Gasteiger partial charge in [-0.1, -0.05) is 11.6 Å². The molecule has 0 aliphatic rings. The first-order chi connectivity index (χ1) is 6.22. The van der Waals surface area contributed by atoms with Gasteiger partial charge in [0.15, 0.2) is 0 Å². The van der Waals surface area contributed by atoms with E-state index >= 15 is 0 Å². The third-order valence-electron chi connectivity index (χ3n) is 1.69. The molecule has 5 heteroatoms. The van der Waals surface area contributed by atoms with Gasteiger partial charge in [-0.25, -0.2) is 4.98 Å². The van der Waals surface area contributed by atoms with Crippen LogP contribution in [0.4, 0.5) is 0 Å². The second-order valence-electron chi connectivity index (χ2n) is 2.46. The molecule has 0 saturated heterocycles. The number of hydrogen-bond acceptors (Lipinski definition) is 2. The molecular weight excluding hydrogens is 209 g/mol. The molecule has 3 nitrogen and oxygen atoms in total. The normalized spacial score (nSPS) is 10.2. The smallest absolute Gasteiger partial charge is 0.201 e. The SMILES string of the molecule is N#Cc1ccc(Cl)c2nc(Cl)[nH]c12. The number of rotatable bonds is 0. The first-order valence-electron chi connectivity index (χ1n) is 3.46. The van der Waals surface area contributed by atoms with Crippen molar-refractivity contribution in [3.63, 3.8) is 0 Å². The second-order valence-corrected chi connectivity index (χ2v) is 3.22. The Hall–Kier alpha value is -1.24. The minimum absolute atomic E-state index is 0.236. The molecule has 0 radical (unpaired) electrons. The number of nitriles is 1. The van der Waals surface area contributed by atoms with Crippen LogP contribution in [0.2, 0.25) is 10.3 Å². The van der Waals surface area contributed by atoms with E-state index in [2.05, 4.69) is 9.97 Å². The Morgan fingerprint density at radius 1 is 1.38 bits per heavy atom. The van der Waals surface area contributed by atoms with Crippen molar-refractivity contribution in [3.8, 4) is 6.07 Å². The Balaban J connectivity index is 2.94. The third-order valence-corrected chi connectivity index (χ3v) is 2.17. The summed E-state index contributed by atoms with van der Waals surface area (Å²) in [5.41, 5.74) is 1.60. The number of aromatic nitrogens is 2. The third kappa shape index (κ3) is 1.24. The van der Waals surface area contributed by atoms with E-state index in [0.29, 0.717) is 21.6 Å². The Morgan fingerprint density at radius 3 is 2.85 bits per heavy atom. The van der Waals surface area contributed by atoms with E-state index in [4.69, 9.17) is 28.5 Å². The molecule has 2 rings (SSSR count). The molecule has 0 spiro atoms. The molecule has 0 saturated carbocycles. The number of aromatic amines is 1. The van der Waals surface area contributed by atoms with Gasteiger partial charge in [0.1, 0.15) is 11.6 Å². The summed E-state index contributed by atoms with van der Waals surface area (Å²) in [5.74, 6) is 0. The fourth-order valence-electron chi connectivity index (χ4n) is 1.12. The lowest BCUT2D eigenvalue weighted by Gasteiger charge is -1.92. The quantitative estimate of drug-likeness (QED) is 0.729. The molecule has 0 unspecified atom stereocenters. The van der Waals surface area contributed by atoms with Crippen molar-refractivity contribution in [2.45, 2.75) is 0 Å². The monoisotopic (exact) mass is 211 g/mol. The Morgan fingerprint density at radius 2 is 2.15 bits per heavy atom. The van der Waals surface area contributed by atoms with Crippen LogP contribution < -0.4 is 0 Å². The van der Waals surface area contributed by atoms with Crippen LogP contribution in [-0.2, 0) is 0 Å². The van der Waals surface area contributed by atoms with Gasteiger partial charge in [0.05, 0.1) is 16.1 Å². The van der Waals surface area contributed by atoms with E-state index in [0.717, 1.165) is 0 Å². The maximum absolute atomic E-state index is 8.75. The number of halogens is 2. The molecule has 0 aliphatic heterocycles. The van der Waals surface area contributed by atoms with Crippen LogP contribution in [0.25, 0.3) is 11.0 Å². The number of H-pyrrole nitrogens is 1. The van der Waals surface area contributed by atoms with Gasteiger partial charge >= 0.3 is 0 Å². The van der Waals surface area contributed by atoms with Crippen molar-refractivity contribution in [2.75, 3.05) is 0 Å². The molecule has 1 aromatic carbocycles. The number of imidazole rings is 1. The Labute approximate surface area is 83.9 Å². The summed E-state index contributed by atoms with van der Waals surface area (Å²) in [6, 6.07) is 5.27. The maximum atomic E-state index is 8.75. The summed E-state index contributed by atoms with van der Waals surface area (Å²) in [7, 11) is 0. The van der Waals surface area contributed by atoms with Gasteiger partial charge in [0.2, 0.25) is 5.28 Å². The number of fused-ring (bicyclic) bond motifs is 1. The van der Waals surface area contributed by atoms with E-state index in [1.165, 1.54) is 0 Å². The van der Waals surface area contributed by atoms with Crippen molar-refractivity contribution in [2.24, 2.45) is 0 Å². The summed E-state index contributed by atoms with van der Waals surface area (Å²) in [4.78, 5) is 6.71. The predicted molar refractivity (Wildman–Crippen MR) is 50.8 cm³/mol. The molecule has 0 aliphatic carbocycles. The number of nitrogens with one attached hydrogen (secondary N) is 1. The molecule has 0 amide bonds. The minimum atomic E-state index is 0.236. The van der Waals surface area contributed by atoms with Crippen LogP contribution in [0, 0.1) is 11.3 Å². The van der Waals surface area contributed by atoms with Crippen molar-refractivity contribution in [3.05, 3.63) is 28.0 Å². The van der Waals surface area contributed by atoms with Crippen LogP contribution in [0.3, 0.4) is 0 Å². The fraction of sp³-hybridized carbons (Fsp3) is 0. The molecule has 2 aromatic rings. The second kappa shape index (κ2) is 2.91. The van der Waals surface area contributed by atoms with E-state index in [9.17, 15) is 0 Å². The van der Waals surface area contributed by atoms with Gasteiger partial charge in [-0.2, -0.15) is 5.26 Å². The van der Waals surface area contributed by atoms with Crippen molar-refractivity contribution in [1.29, 1.82) is 5.26 Å². The maximum Gasteiger partial charge on any atom is 0.201 e. The molecule has 64 valence electrons. The highest BCUT2D eigenvalue weighted by Crippen LogP contribution is 2.25. The summed E-state index contributed by atoms with van der Waals surface area (Å²) in [5, 5.41) is 9.47. The average Bonchev–Trinajstić information content (AvgIpc) is 2.48. The van der Waals surface area contributed by atoms with Crippen molar-refractivity contribution < 1.29 is 0 Å². The van der Waals surface area contributed by atoms with Gasteiger partial charge in [0.25, 0.3) is 0 Å². The van der Waals surface area contributed by atoms with Crippen LogP contribution >= 0.6 is 23.2 Å². The summed E-state index contributed by atoms with van der Waals surface area (Å²) in [6.45, 7) is 0. The van der Waals surface area contributed by atoms with Crippen molar-refractivity contribution >= 4 is 34.2 Å². The highest BCUT2D eigenvalue weighted by Gasteiger charge is 2.08. The lowest BCUT2D eigenvalue weighted by molar-refractivity contribution is 1.34. The molecule has 1 N–H and O–H groups in total. The highest BCUT2D eigenvalue weighted by atomic mass is 35.5. The van der Waals surface area contributed by atoms with Gasteiger partial charge in [-0.3, -0.25) is 0 Å². The van der Waals surface area contributed by atoms with Gasteiger partial charge < -0.3 is 4.98 Å². The number of hydrogen-bond donors (Lipinski definition) is 1. The van der Waals surface area contributed by atoms with E-state index < -0.39 is 0 Å². The van der Waals surface area contributed by atoms with Crippen LogP contribution in [0.5, 0.6) is 0 Å². The lowest BCUT2D eigenvalue weighted by Crippen LogP contribution is -1.78. The molecule has 1 heterocycles. The lowest BCUT2D eigenvalue weighted by atomic mass is 10.2. The number of benzene rings is 1. The first-order valence-corrected chi connectivity index (χ1v) is 4.22. The molecule has 1 aromatic heterocycles.